The molecule has 0 fully saturated rings. The predicted molar refractivity (Wildman–Crippen MR) is 147 cm³/mol. The second-order valence-corrected chi connectivity index (χ2v) is 10.2. The Hall–Kier alpha value is -2.84. The molecule has 0 aliphatic heterocycles. The standard InChI is InChI=1S/C30H43F2N3O3/c1-6-9-35(10-7-2)30(38)24-12-21(5)11-23(16-24)29(37)34-27(28(36)19-33-18-20(4)8-3)15-22-13-25(31)17-26(32)14-22/h11-14,16-17,20,27-28,33,36H,6-10,15,18-19H2,1-5H3,(H,34,37)/t20-,27+,28-/m1/s1. The van der Waals surface area contributed by atoms with Crippen LogP contribution >= 0.6 is 0 Å². The number of amides is 2. The zero-order valence-corrected chi connectivity index (χ0v) is 23.3. The number of aliphatic hydroxyl groups excluding tert-OH is 1. The lowest BCUT2D eigenvalue weighted by atomic mass is 9.99. The van der Waals surface area contributed by atoms with Crippen LogP contribution in [0.15, 0.2) is 36.4 Å². The van der Waals surface area contributed by atoms with E-state index in [2.05, 4.69) is 24.5 Å². The van der Waals surface area contributed by atoms with Crippen LogP contribution in [0.4, 0.5) is 8.78 Å². The minimum atomic E-state index is -1.01. The van der Waals surface area contributed by atoms with E-state index in [9.17, 15) is 23.5 Å². The van der Waals surface area contributed by atoms with Crippen molar-refractivity contribution >= 4 is 11.8 Å². The van der Waals surface area contributed by atoms with Crippen LogP contribution in [-0.4, -0.2) is 60.1 Å². The van der Waals surface area contributed by atoms with Crippen molar-refractivity contribution < 1.29 is 23.5 Å². The van der Waals surface area contributed by atoms with Crippen molar-refractivity contribution in [2.45, 2.75) is 72.4 Å². The first-order valence-electron chi connectivity index (χ1n) is 13.6. The molecule has 0 unspecified atom stereocenters. The summed E-state index contributed by atoms with van der Waals surface area (Å²) in [6.07, 6.45) is 1.66. The first-order valence-corrected chi connectivity index (χ1v) is 13.6. The van der Waals surface area contributed by atoms with Gasteiger partial charge in [-0.3, -0.25) is 9.59 Å². The summed E-state index contributed by atoms with van der Waals surface area (Å²) in [5, 5.41) is 17.0. The van der Waals surface area contributed by atoms with E-state index in [1.165, 1.54) is 12.1 Å². The van der Waals surface area contributed by atoms with Crippen LogP contribution in [0, 0.1) is 24.5 Å². The lowest BCUT2D eigenvalue weighted by molar-refractivity contribution is 0.0755. The molecule has 0 aliphatic rings. The van der Waals surface area contributed by atoms with E-state index in [0.717, 1.165) is 30.9 Å². The number of carbonyl (C=O) groups excluding carboxylic acids is 2. The molecule has 38 heavy (non-hydrogen) atoms. The SMILES string of the molecule is CCCN(CCC)C(=O)c1cc(C)cc(C(=O)N[C@@H](Cc2cc(F)cc(F)c2)[C@H](O)CNC[C@H](C)CC)c1. The number of nitrogens with zero attached hydrogens (tertiary/aromatic N) is 1. The zero-order chi connectivity index (χ0) is 28.2. The van der Waals surface area contributed by atoms with Gasteiger partial charge in [-0.1, -0.05) is 34.1 Å². The monoisotopic (exact) mass is 531 g/mol. The van der Waals surface area contributed by atoms with Gasteiger partial charge in [0.25, 0.3) is 11.8 Å². The largest absolute Gasteiger partial charge is 0.390 e. The molecule has 2 amide bonds. The molecule has 2 rings (SSSR count). The normalized spacial score (nSPS) is 13.6. The van der Waals surface area contributed by atoms with Crippen LogP contribution in [-0.2, 0) is 6.42 Å². The van der Waals surface area contributed by atoms with Gasteiger partial charge in [0, 0.05) is 36.8 Å². The Kier molecular flexibility index (Phi) is 12.8. The molecule has 0 spiro atoms. The molecular formula is C30H43F2N3O3. The van der Waals surface area contributed by atoms with Crippen molar-refractivity contribution in [2.75, 3.05) is 26.2 Å². The maximum atomic E-state index is 13.8. The van der Waals surface area contributed by atoms with E-state index in [4.69, 9.17) is 0 Å². The van der Waals surface area contributed by atoms with E-state index >= 15 is 0 Å². The average Bonchev–Trinajstić information content (AvgIpc) is 2.86. The van der Waals surface area contributed by atoms with Crippen LogP contribution in [0.2, 0.25) is 0 Å². The molecule has 0 heterocycles. The first-order chi connectivity index (χ1) is 18.1. The first kappa shape index (κ1) is 31.4. The lowest BCUT2D eigenvalue weighted by Gasteiger charge is -2.26. The Balaban J connectivity index is 2.28. The molecule has 3 N–H and O–H groups in total. The van der Waals surface area contributed by atoms with Gasteiger partial charge in [-0.2, -0.15) is 0 Å². The third-order valence-electron chi connectivity index (χ3n) is 6.56. The number of carbonyl (C=O) groups is 2. The summed E-state index contributed by atoms with van der Waals surface area (Å²) < 4.78 is 27.7. The molecule has 0 saturated heterocycles. The predicted octanol–water partition coefficient (Wildman–Crippen LogP) is 4.87. The van der Waals surface area contributed by atoms with Gasteiger partial charge in [-0.25, -0.2) is 8.78 Å². The molecule has 2 aromatic rings. The summed E-state index contributed by atoms with van der Waals surface area (Å²) in [5.41, 5.74) is 1.80. The number of aryl methyl sites for hydroxylation is 1. The van der Waals surface area contributed by atoms with Crippen molar-refractivity contribution in [2.24, 2.45) is 5.92 Å². The van der Waals surface area contributed by atoms with E-state index in [1.54, 1.807) is 23.1 Å². The van der Waals surface area contributed by atoms with Gasteiger partial charge in [0.15, 0.2) is 0 Å². The quantitative estimate of drug-likeness (QED) is 0.306. The number of hydrogen-bond donors (Lipinski definition) is 3. The fourth-order valence-electron chi connectivity index (χ4n) is 4.36. The van der Waals surface area contributed by atoms with Gasteiger partial charge in [0.1, 0.15) is 11.6 Å². The molecular weight excluding hydrogens is 488 g/mol. The van der Waals surface area contributed by atoms with Crippen molar-refractivity contribution in [3.8, 4) is 0 Å². The number of aliphatic hydroxyl groups is 1. The number of hydrogen-bond acceptors (Lipinski definition) is 4. The molecule has 8 heteroatoms. The van der Waals surface area contributed by atoms with E-state index in [1.807, 2.05) is 20.8 Å². The van der Waals surface area contributed by atoms with Gasteiger partial charge in [-0.05, 0) is 80.1 Å². The summed E-state index contributed by atoms with van der Waals surface area (Å²) in [5.74, 6) is -1.63. The summed E-state index contributed by atoms with van der Waals surface area (Å²) in [6, 6.07) is 7.37. The molecule has 0 radical (unpaired) electrons. The van der Waals surface area contributed by atoms with Crippen molar-refractivity contribution in [3.05, 3.63) is 70.3 Å². The fraction of sp³-hybridized carbons (Fsp3) is 0.533. The van der Waals surface area contributed by atoms with Gasteiger partial charge >= 0.3 is 0 Å². The highest BCUT2D eigenvalue weighted by atomic mass is 19.1. The van der Waals surface area contributed by atoms with Crippen molar-refractivity contribution in [3.63, 3.8) is 0 Å². The van der Waals surface area contributed by atoms with Gasteiger partial charge in [0.05, 0.1) is 12.1 Å². The fourth-order valence-corrected chi connectivity index (χ4v) is 4.36. The Morgan fingerprint density at radius 2 is 1.53 bits per heavy atom. The van der Waals surface area contributed by atoms with E-state index < -0.39 is 29.7 Å². The Labute approximate surface area is 225 Å². The zero-order valence-electron chi connectivity index (χ0n) is 23.3. The number of rotatable bonds is 15. The summed E-state index contributed by atoms with van der Waals surface area (Å²) in [4.78, 5) is 28.3. The molecule has 210 valence electrons. The molecule has 0 aliphatic carbocycles. The molecule has 0 saturated carbocycles. The highest BCUT2D eigenvalue weighted by Crippen LogP contribution is 2.16. The summed E-state index contributed by atoms with van der Waals surface area (Å²) in [7, 11) is 0. The third kappa shape index (κ3) is 9.80. The topological polar surface area (TPSA) is 81.7 Å². The van der Waals surface area contributed by atoms with Crippen LogP contribution in [0.3, 0.4) is 0 Å². The second-order valence-electron chi connectivity index (χ2n) is 10.2. The summed E-state index contributed by atoms with van der Waals surface area (Å²) >= 11 is 0. The molecule has 6 nitrogen and oxygen atoms in total. The minimum absolute atomic E-state index is 0.0327. The maximum absolute atomic E-state index is 13.8. The number of benzene rings is 2. The third-order valence-corrected chi connectivity index (χ3v) is 6.56. The Morgan fingerprint density at radius 3 is 2.11 bits per heavy atom. The van der Waals surface area contributed by atoms with Crippen LogP contribution in [0.1, 0.15) is 78.8 Å². The molecule has 2 aromatic carbocycles. The van der Waals surface area contributed by atoms with Gasteiger partial charge in [0.2, 0.25) is 0 Å². The van der Waals surface area contributed by atoms with Crippen LogP contribution in [0.25, 0.3) is 0 Å². The number of halogens is 2. The highest BCUT2D eigenvalue weighted by molar-refractivity contribution is 6.00. The van der Waals surface area contributed by atoms with Crippen LogP contribution < -0.4 is 10.6 Å². The van der Waals surface area contributed by atoms with Gasteiger partial charge < -0.3 is 20.6 Å². The Bertz CT molecular complexity index is 1040. The molecule has 0 aromatic heterocycles. The van der Waals surface area contributed by atoms with Crippen molar-refractivity contribution in [1.29, 1.82) is 0 Å². The average molecular weight is 532 g/mol. The maximum Gasteiger partial charge on any atom is 0.253 e. The van der Waals surface area contributed by atoms with Gasteiger partial charge in [-0.15, -0.1) is 0 Å². The molecule has 3 atom stereocenters. The highest BCUT2D eigenvalue weighted by Gasteiger charge is 2.24. The second kappa shape index (κ2) is 15.5. The lowest BCUT2D eigenvalue weighted by Crippen LogP contribution is -2.49. The number of nitrogens with one attached hydrogen (secondary N) is 2. The van der Waals surface area contributed by atoms with Crippen molar-refractivity contribution in [1.82, 2.24) is 15.5 Å². The van der Waals surface area contributed by atoms with Crippen LogP contribution in [0.5, 0.6) is 0 Å². The van der Waals surface area contributed by atoms with E-state index in [-0.39, 0.29) is 24.4 Å². The van der Waals surface area contributed by atoms with E-state index in [0.29, 0.717) is 36.7 Å². The Morgan fingerprint density at radius 1 is 0.921 bits per heavy atom. The summed E-state index contributed by atoms with van der Waals surface area (Å²) in [6.45, 7) is 12.2. The molecule has 0 bridgehead atoms. The smallest absolute Gasteiger partial charge is 0.253 e. The minimum Gasteiger partial charge on any atom is -0.390 e.